The lowest BCUT2D eigenvalue weighted by Crippen LogP contribution is -2.53. The average molecular weight is 591 g/mol. The second-order valence-corrected chi connectivity index (χ2v) is 14.5. The topological polar surface area (TPSA) is 152 Å². The minimum atomic E-state index is -0.940. The lowest BCUT2D eigenvalue weighted by molar-refractivity contribution is -0.132. The second kappa shape index (κ2) is 9.68. The minimum Gasteiger partial charge on any atom is -0.504 e. The van der Waals surface area contributed by atoms with Crippen molar-refractivity contribution in [3.63, 3.8) is 0 Å². The van der Waals surface area contributed by atoms with E-state index in [1.54, 1.807) is 0 Å². The van der Waals surface area contributed by atoms with Crippen LogP contribution in [0.25, 0.3) is 5.57 Å². The molecule has 0 bridgehead atoms. The number of carbonyl (C=O) groups is 3. The summed E-state index contributed by atoms with van der Waals surface area (Å²) >= 11 is 0. The molecule has 230 valence electrons. The molecule has 1 aromatic carbocycles. The van der Waals surface area contributed by atoms with Gasteiger partial charge in [0, 0.05) is 40.6 Å². The number of phenols is 2. The van der Waals surface area contributed by atoms with Gasteiger partial charge in [0.05, 0.1) is 0 Å². The zero-order valence-electron chi connectivity index (χ0n) is 26.0. The number of allylic oxidation sites excluding steroid dienone is 6. The maximum Gasteiger partial charge on any atom is 0.234 e. The number of carbonyl (C=O) groups excluding carboxylic acids is 3. The van der Waals surface area contributed by atoms with Crippen molar-refractivity contribution in [2.24, 2.45) is 22.2 Å². The van der Waals surface area contributed by atoms with Crippen LogP contribution in [0.3, 0.4) is 0 Å². The van der Waals surface area contributed by atoms with Crippen molar-refractivity contribution < 1.29 is 39.9 Å². The van der Waals surface area contributed by atoms with Crippen molar-refractivity contribution in [1.29, 1.82) is 0 Å². The number of aromatic hydroxyl groups is 2. The molecule has 0 aromatic heterocycles. The molecular weight excluding hydrogens is 548 g/mol. The molecule has 3 atom stereocenters. The van der Waals surface area contributed by atoms with Gasteiger partial charge in [-0.25, -0.2) is 0 Å². The number of rotatable bonds is 0. The maximum absolute atomic E-state index is 14.8. The highest BCUT2D eigenvalue weighted by atomic mass is 16.3. The number of aliphatic hydroxyl groups excluding tert-OH is 3. The molecule has 8 nitrogen and oxygen atoms in total. The summed E-state index contributed by atoms with van der Waals surface area (Å²) in [5.74, 6) is -4.28. The molecule has 1 aromatic rings. The third-order valence-corrected chi connectivity index (χ3v) is 10.9. The first-order valence-corrected chi connectivity index (χ1v) is 15.0. The zero-order chi connectivity index (χ0) is 32.0. The summed E-state index contributed by atoms with van der Waals surface area (Å²) in [6.07, 6.45) is 5.74. The predicted octanol–water partition coefficient (Wildman–Crippen LogP) is 6.06. The Morgan fingerprint density at radius 1 is 0.721 bits per heavy atom. The largest absolute Gasteiger partial charge is 0.504 e. The Morgan fingerprint density at radius 2 is 1.33 bits per heavy atom. The van der Waals surface area contributed by atoms with Gasteiger partial charge in [0.2, 0.25) is 11.6 Å². The van der Waals surface area contributed by atoms with Crippen molar-refractivity contribution >= 4 is 22.9 Å². The van der Waals surface area contributed by atoms with E-state index >= 15 is 0 Å². The van der Waals surface area contributed by atoms with Gasteiger partial charge >= 0.3 is 0 Å². The number of ketones is 3. The smallest absolute Gasteiger partial charge is 0.234 e. The Kier molecular flexibility index (Phi) is 6.93. The lowest BCUT2D eigenvalue weighted by Gasteiger charge is -2.54. The third kappa shape index (κ3) is 4.01. The summed E-state index contributed by atoms with van der Waals surface area (Å²) in [6.45, 7) is 11.9. The molecule has 5 aliphatic rings. The Hall–Kier alpha value is -3.65. The predicted molar refractivity (Wildman–Crippen MR) is 161 cm³/mol. The molecule has 43 heavy (non-hydrogen) atoms. The van der Waals surface area contributed by atoms with E-state index in [0.29, 0.717) is 29.6 Å². The van der Waals surface area contributed by atoms with Crippen LogP contribution in [-0.4, -0.2) is 50.0 Å². The number of phenolic OH excluding ortho intramolecular Hbond substituents is 2. The normalized spacial score (nSPS) is 32.6. The van der Waals surface area contributed by atoms with E-state index in [-0.39, 0.29) is 39.6 Å². The third-order valence-electron chi connectivity index (χ3n) is 10.9. The van der Waals surface area contributed by atoms with Crippen LogP contribution in [-0.2, 0) is 19.8 Å². The highest BCUT2D eigenvalue weighted by Gasteiger charge is 2.58. The van der Waals surface area contributed by atoms with Gasteiger partial charge in [0.25, 0.3) is 0 Å². The molecule has 0 radical (unpaired) electrons. The minimum absolute atomic E-state index is 0.00938. The standard InChI is InChI=1S/C34H38O7.CH4O/c1-31(2)9-7-11-33(5)17-14-20(36)19(35)13-16(17)22(27(40)29(31)33)24-23-18(15-21(37)25(24)38)34(6)12-8-10-32(3,4)30(34)28(41)26(23)39;1-2/h13-15,29,35-36,39,41H,7-12H2,1-6H3;2H,1H3/b24-22+;/t29-,33+,34+;/m0./s1. The number of Topliss-reactive ketones (excluding diaryl/α,β-unsaturated/α-hetero) is 2. The number of aliphatic hydroxyl groups is 3. The van der Waals surface area contributed by atoms with Crippen LogP contribution in [0.5, 0.6) is 11.5 Å². The summed E-state index contributed by atoms with van der Waals surface area (Å²) in [4.78, 5) is 42.1. The van der Waals surface area contributed by atoms with Gasteiger partial charge in [0.1, 0.15) is 0 Å². The lowest BCUT2D eigenvalue weighted by atomic mass is 9.48. The van der Waals surface area contributed by atoms with Crippen LogP contribution >= 0.6 is 0 Å². The molecule has 6 rings (SSSR count). The van der Waals surface area contributed by atoms with Gasteiger partial charge in [-0.2, -0.15) is 0 Å². The summed E-state index contributed by atoms with van der Waals surface area (Å²) < 4.78 is 0. The molecule has 2 fully saturated rings. The SMILES string of the molecule is CC1(C)CCC[C@]2(C)C3=CC(=O)C(=O)/C(=C4/C(=O)[C@H]5C(C)(C)CCC[C@]5(C)c5cc(O)c(O)cc54)C3=C(O)C(O)=C12.CO. The molecule has 5 N–H and O–H groups in total. The van der Waals surface area contributed by atoms with Crippen LogP contribution in [0.1, 0.15) is 91.2 Å². The molecule has 0 unspecified atom stereocenters. The molecule has 0 amide bonds. The van der Waals surface area contributed by atoms with Crippen LogP contribution in [0.2, 0.25) is 0 Å². The zero-order valence-corrected chi connectivity index (χ0v) is 26.0. The van der Waals surface area contributed by atoms with E-state index in [9.17, 15) is 34.8 Å². The van der Waals surface area contributed by atoms with E-state index in [1.165, 1.54) is 18.2 Å². The van der Waals surface area contributed by atoms with E-state index < -0.39 is 50.7 Å². The quantitative estimate of drug-likeness (QED) is 0.139. The highest BCUT2D eigenvalue weighted by molar-refractivity contribution is 6.53. The van der Waals surface area contributed by atoms with Crippen LogP contribution in [0.4, 0.5) is 0 Å². The van der Waals surface area contributed by atoms with Crippen molar-refractivity contribution in [3.8, 4) is 11.5 Å². The fourth-order valence-electron chi connectivity index (χ4n) is 9.32. The summed E-state index contributed by atoms with van der Waals surface area (Å²) in [5.41, 5.74) is -0.826. The van der Waals surface area contributed by atoms with E-state index in [2.05, 4.69) is 0 Å². The van der Waals surface area contributed by atoms with Crippen molar-refractivity contribution in [2.45, 2.75) is 85.5 Å². The molecule has 8 heteroatoms. The van der Waals surface area contributed by atoms with Crippen molar-refractivity contribution in [1.82, 2.24) is 0 Å². The van der Waals surface area contributed by atoms with Crippen molar-refractivity contribution in [3.05, 3.63) is 63.1 Å². The fourth-order valence-corrected chi connectivity index (χ4v) is 9.32. The van der Waals surface area contributed by atoms with E-state index in [0.717, 1.165) is 32.8 Å². The molecule has 2 saturated carbocycles. The number of fused-ring (bicyclic) bond motifs is 6. The monoisotopic (exact) mass is 590 g/mol. The molecule has 0 saturated heterocycles. The van der Waals surface area contributed by atoms with E-state index in [1.807, 2.05) is 41.5 Å². The Balaban J connectivity index is 0.00000180. The van der Waals surface area contributed by atoms with Gasteiger partial charge in [-0.15, -0.1) is 0 Å². The van der Waals surface area contributed by atoms with Crippen LogP contribution < -0.4 is 0 Å². The van der Waals surface area contributed by atoms with Crippen LogP contribution in [0, 0.1) is 22.2 Å². The maximum atomic E-state index is 14.8. The Labute approximate surface area is 252 Å². The summed E-state index contributed by atoms with van der Waals surface area (Å²) in [6, 6.07) is 2.75. The van der Waals surface area contributed by atoms with E-state index in [4.69, 9.17) is 5.11 Å². The highest BCUT2D eigenvalue weighted by Crippen LogP contribution is 2.64. The fraction of sp³-hybridized carbons (Fsp3) is 0.514. The van der Waals surface area contributed by atoms with Gasteiger partial charge in [0.15, 0.2) is 28.8 Å². The number of hydrogen-bond acceptors (Lipinski definition) is 8. The van der Waals surface area contributed by atoms with Gasteiger partial charge in [-0.3, -0.25) is 14.4 Å². The Bertz CT molecular complexity index is 1610. The molecule has 5 aliphatic carbocycles. The first-order valence-electron chi connectivity index (χ1n) is 15.0. The molecule has 0 spiro atoms. The summed E-state index contributed by atoms with van der Waals surface area (Å²) in [7, 11) is 1.00. The van der Waals surface area contributed by atoms with Gasteiger partial charge < -0.3 is 25.5 Å². The van der Waals surface area contributed by atoms with Gasteiger partial charge in [-0.05, 0) is 77.0 Å². The first kappa shape index (κ1) is 30.8. The number of benzene rings is 1. The first-order chi connectivity index (χ1) is 20.0. The average Bonchev–Trinajstić information content (AvgIpc) is 2.91. The van der Waals surface area contributed by atoms with Crippen molar-refractivity contribution in [2.75, 3.05) is 7.11 Å². The molecule has 0 aliphatic heterocycles. The molecule has 0 heterocycles. The summed E-state index contributed by atoms with van der Waals surface area (Å²) in [5, 5.41) is 51.3. The molecular formula is C35H42O8. The second-order valence-electron chi connectivity index (χ2n) is 14.5. The van der Waals surface area contributed by atoms with Crippen LogP contribution in [0.15, 0.2) is 52.0 Å². The Morgan fingerprint density at radius 3 is 1.98 bits per heavy atom. The number of hydrogen-bond donors (Lipinski definition) is 5. The van der Waals surface area contributed by atoms with Gasteiger partial charge in [-0.1, -0.05) is 54.4 Å².